The summed E-state index contributed by atoms with van der Waals surface area (Å²) in [5, 5.41) is 0. The van der Waals surface area contributed by atoms with Crippen LogP contribution in [0.4, 0.5) is 13.2 Å². The normalized spacial score (nSPS) is 19.7. The van der Waals surface area contributed by atoms with E-state index in [2.05, 4.69) is 0 Å². The van der Waals surface area contributed by atoms with Gasteiger partial charge in [-0.25, -0.2) is 8.42 Å². The molecule has 2 N–H and O–H groups in total. The minimum Gasteiger partial charge on any atom is -0.328 e. The van der Waals surface area contributed by atoms with E-state index < -0.39 is 15.5 Å². The molecule has 0 spiro atoms. The Hall–Kier alpha value is -0.770. The molecule has 9 heteroatoms. The Labute approximate surface area is 138 Å². The van der Waals surface area contributed by atoms with Gasteiger partial charge < -0.3 is 5.73 Å². The number of hydrogen-bond donors (Lipinski definition) is 1. The minimum atomic E-state index is -4.39. The lowest BCUT2D eigenvalue weighted by Crippen LogP contribution is -2.42. The van der Waals surface area contributed by atoms with E-state index in [-0.39, 0.29) is 27.6 Å². The fourth-order valence-corrected chi connectivity index (χ4v) is 4.61. The van der Waals surface area contributed by atoms with Gasteiger partial charge in [-0.2, -0.15) is 17.5 Å². The van der Waals surface area contributed by atoms with Gasteiger partial charge in [-0.1, -0.05) is 0 Å². The summed E-state index contributed by atoms with van der Waals surface area (Å²) in [5.74, 6) is 0.298. The van der Waals surface area contributed by atoms with Crippen LogP contribution in [0.25, 0.3) is 0 Å². The van der Waals surface area contributed by atoms with Crippen LogP contribution >= 0.6 is 11.8 Å². The summed E-state index contributed by atoms with van der Waals surface area (Å²) in [7, 11) is -3.67. The number of halogens is 3. The van der Waals surface area contributed by atoms with Gasteiger partial charge >= 0.3 is 5.51 Å². The first-order valence-corrected chi connectivity index (χ1v) is 9.47. The van der Waals surface area contributed by atoms with E-state index in [9.17, 15) is 21.6 Å². The third-order valence-corrected chi connectivity index (χ3v) is 6.59. The zero-order valence-electron chi connectivity index (χ0n) is 12.6. The fraction of sp³-hybridized carbons (Fsp3) is 0.571. The molecule has 1 unspecified atom stereocenters. The lowest BCUT2D eigenvalue weighted by Gasteiger charge is -2.32. The van der Waals surface area contributed by atoms with Gasteiger partial charge in [0.15, 0.2) is 0 Å². The van der Waals surface area contributed by atoms with Crippen molar-refractivity contribution in [2.45, 2.75) is 41.1 Å². The summed E-state index contributed by atoms with van der Waals surface area (Å²) in [6.07, 6.45) is 1.39. The van der Waals surface area contributed by atoms with Gasteiger partial charge in [0.05, 0.1) is 4.90 Å². The lowest BCUT2D eigenvalue weighted by molar-refractivity contribution is -0.0328. The maximum atomic E-state index is 12.5. The highest BCUT2D eigenvalue weighted by atomic mass is 32.2. The molecule has 1 heterocycles. The maximum Gasteiger partial charge on any atom is 0.446 e. The van der Waals surface area contributed by atoms with Crippen molar-refractivity contribution >= 4 is 21.8 Å². The van der Waals surface area contributed by atoms with Crippen molar-refractivity contribution in [3.8, 4) is 0 Å². The highest BCUT2D eigenvalue weighted by Crippen LogP contribution is 2.37. The Morgan fingerprint density at radius 2 is 1.74 bits per heavy atom. The summed E-state index contributed by atoms with van der Waals surface area (Å²) in [4.78, 5) is -0.0182. The standard InChI is InChI=1S/C14H19F3N2O2S2/c1-10(18)11-6-8-19(9-7-11)23(20,21)13-4-2-12(3-5-13)22-14(15,16)17/h2-5,10-11H,6-9,18H2,1H3. The quantitative estimate of drug-likeness (QED) is 0.830. The van der Waals surface area contributed by atoms with E-state index in [1.807, 2.05) is 6.92 Å². The molecule has 130 valence electrons. The fourth-order valence-electron chi connectivity index (χ4n) is 2.60. The number of thioether (sulfide) groups is 1. The number of rotatable bonds is 4. The molecular weight excluding hydrogens is 349 g/mol. The third kappa shape index (κ3) is 4.85. The molecule has 23 heavy (non-hydrogen) atoms. The Balaban J connectivity index is 2.08. The van der Waals surface area contributed by atoms with E-state index in [1.54, 1.807) is 0 Å². The van der Waals surface area contributed by atoms with Gasteiger partial charge in [0.2, 0.25) is 10.0 Å². The van der Waals surface area contributed by atoms with Crippen LogP contribution in [-0.4, -0.2) is 37.4 Å². The molecule has 1 aliphatic rings. The Morgan fingerprint density at radius 3 is 2.17 bits per heavy atom. The molecule has 0 saturated carbocycles. The van der Waals surface area contributed by atoms with Crippen molar-refractivity contribution in [1.82, 2.24) is 4.31 Å². The second kappa shape index (κ2) is 7.00. The third-order valence-electron chi connectivity index (χ3n) is 3.94. The van der Waals surface area contributed by atoms with E-state index in [0.29, 0.717) is 31.8 Å². The number of benzene rings is 1. The Morgan fingerprint density at radius 1 is 1.22 bits per heavy atom. The SMILES string of the molecule is CC(N)C1CCN(S(=O)(=O)c2ccc(SC(F)(F)F)cc2)CC1. The zero-order chi connectivity index (χ0) is 17.3. The molecular formula is C14H19F3N2O2S2. The van der Waals surface area contributed by atoms with Crippen LogP contribution < -0.4 is 5.73 Å². The van der Waals surface area contributed by atoms with Crippen molar-refractivity contribution in [3.63, 3.8) is 0 Å². The molecule has 1 aromatic carbocycles. The van der Waals surface area contributed by atoms with Crippen molar-refractivity contribution in [2.75, 3.05) is 13.1 Å². The van der Waals surface area contributed by atoms with Gasteiger partial charge in [-0.3, -0.25) is 0 Å². The summed E-state index contributed by atoms with van der Waals surface area (Å²) in [6, 6.07) is 4.83. The van der Waals surface area contributed by atoms with Gasteiger partial charge in [-0.05, 0) is 61.7 Å². The first-order valence-electron chi connectivity index (χ1n) is 7.21. The molecule has 0 radical (unpaired) electrons. The van der Waals surface area contributed by atoms with E-state index in [1.165, 1.54) is 28.6 Å². The van der Waals surface area contributed by atoms with Crippen LogP contribution in [0, 0.1) is 5.92 Å². The number of alkyl halides is 3. The molecule has 2 rings (SSSR count). The summed E-state index contributed by atoms with van der Waals surface area (Å²) < 4.78 is 63.3. The highest BCUT2D eigenvalue weighted by molar-refractivity contribution is 8.00. The average molecular weight is 368 g/mol. The summed E-state index contributed by atoms with van der Waals surface area (Å²) >= 11 is -0.263. The number of sulfonamides is 1. The molecule has 1 aliphatic heterocycles. The molecule has 1 fully saturated rings. The molecule has 1 aromatic rings. The number of nitrogens with zero attached hydrogens (tertiary/aromatic N) is 1. The first kappa shape index (κ1) is 18.6. The topological polar surface area (TPSA) is 63.4 Å². The van der Waals surface area contributed by atoms with Crippen LogP contribution in [0.5, 0.6) is 0 Å². The molecule has 0 bridgehead atoms. The van der Waals surface area contributed by atoms with Crippen LogP contribution in [0.15, 0.2) is 34.1 Å². The predicted octanol–water partition coefficient (Wildman–Crippen LogP) is 3.05. The lowest BCUT2D eigenvalue weighted by atomic mass is 9.92. The smallest absolute Gasteiger partial charge is 0.328 e. The van der Waals surface area contributed by atoms with Crippen molar-refractivity contribution in [2.24, 2.45) is 11.7 Å². The van der Waals surface area contributed by atoms with Gasteiger partial charge in [0.1, 0.15) is 0 Å². The minimum absolute atomic E-state index is 0.0169. The van der Waals surface area contributed by atoms with Crippen molar-refractivity contribution < 1.29 is 21.6 Å². The molecule has 4 nitrogen and oxygen atoms in total. The molecule has 0 aliphatic carbocycles. The van der Waals surface area contributed by atoms with Crippen LogP contribution in [-0.2, 0) is 10.0 Å². The van der Waals surface area contributed by atoms with Crippen LogP contribution in [0.1, 0.15) is 19.8 Å². The molecule has 1 saturated heterocycles. The van der Waals surface area contributed by atoms with E-state index in [4.69, 9.17) is 5.73 Å². The second-order valence-corrected chi connectivity index (χ2v) is 8.70. The van der Waals surface area contributed by atoms with Crippen molar-refractivity contribution in [3.05, 3.63) is 24.3 Å². The van der Waals surface area contributed by atoms with Gasteiger partial charge in [0, 0.05) is 24.0 Å². The summed E-state index contributed by atoms with van der Waals surface area (Å²) in [6.45, 7) is 2.67. The summed E-state index contributed by atoms with van der Waals surface area (Å²) in [5.41, 5.74) is 1.45. The largest absolute Gasteiger partial charge is 0.446 e. The predicted molar refractivity (Wildman–Crippen MR) is 83.5 cm³/mol. The van der Waals surface area contributed by atoms with E-state index in [0.717, 1.165) is 0 Å². The van der Waals surface area contributed by atoms with Crippen LogP contribution in [0.3, 0.4) is 0 Å². The monoisotopic (exact) mass is 368 g/mol. The molecule has 1 atom stereocenters. The molecule has 0 amide bonds. The zero-order valence-corrected chi connectivity index (χ0v) is 14.2. The first-order chi connectivity index (χ1) is 10.6. The maximum absolute atomic E-state index is 12.5. The number of hydrogen-bond acceptors (Lipinski definition) is 4. The van der Waals surface area contributed by atoms with Crippen LogP contribution in [0.2, 0.25) is 0 Å². The van der Waals surface area contributed by atoms with Gasteiger partial charge in [0.25, 0.3) is 0 Å². The number of nitrogens with two attached hydrogens (primary N) is 1. The van der Waals surface area contributed by atoms with Gasteiger partial charge in [-0.15, -0.1) is 0 Å². The molecule has 0 aromatic heterocycles. The number of piperidine rings is 1. The Kier molecular flexibility index (Phi) is 5.65. The average Bonchev–Trinajstić information content (AvgIpc) is 2.46. The highest BCUT2D eigenvalue weighted by Gasteiger charge is 2.32. The van der Waals surface area contributed by atoms with Crippen molar-refractivity contribution in [1.29, 1.82) is 0 Å². The van der Waals surface area contributed by atoms with E-state index >= 15 is 0 Å². The Bertz CT molecular complexity index is 622. The second-order valence-electron chi connectivity index (χ2n) is 5.62.